The molecule has 74 valence electrons. The topological polar surface area (TPSA) is 64.5 Å². The monoisotopic (exact) mass is 176 g/mol. The van der Waals surface area contributed by atoms with Gasteiger partial charge in [0.1, 0.15) is 0 Å². The summed E-state index contributed by atoms with van der Waals surface area (Å²) in [6.45, 7) is 5.80. The van der Waals surface area contributed by atoms with E-state index in [1.807, 2.05) is 13.8 Å². The van der Waals surface area contributed by atoms with E-state index in [1.54, 1.807) is 0 Å². The van der Waals surface area contributed by atoms with Gasteiger partial charge in [0.2, 0.25) is 0 Å². The summed E-state index contributed by atoms with van der Waals surface area (Å²) in [7, 11) is 0. The van der Waals surface area contributed by atoms with Crippen molar-refractivity contribution in [3.05, 3.63) is 0 Å². The van der Waals surface area contributed by atoms with Crippen molar-refractivity contribution < 1.29 is 10.2 Å². The van der Waals surface area contributed by atoms with Crippen molar-refractivity contribution in [1.82, 2.24) is 10.6 Å². The zero-order valence-corrected chi connectivity index (χ0v) is 7.88. The highest BCUT2D eigenvalue weighted by Crippen LogP contribution is 1.78. The van der Waals surface area contributed by atoms with E-state index in [4.69, 9.17) is 10.2 Å². The van der Waals surface area contributed by atoms with E-state index in [0.29, 0.717) is 0 Å². The molecule has 0 spiro atoms. The fraction of sp³-hybridized carbons (Fsp3) is 1.00. The van der Waals surface area contributed by atoms with Gasteiger partial charge >= 0.3 is 0 Å². The van der Waals surface area contributed by atoms with Gasteiger partial charge in [-0.05, 0) is 13.8 Å². The second-order valence-corrected chi connectivity index (χ2v) is 3.08. The lowest BCUT2D eigenvalue weighted by Crippen LogP contribution is -2.39. The summed E-state index contributed by atoms with van der Waals surface area (Å²) in [6.07, 6.45) is 0. The van der Waals surface area contributed by atoms with Crippen molar-refractivity contribution in [2.75, 3.05) is 26.3 Å². The molecule has 0 aliphatic heterocycles. The molecule has 0 unspecified atom stereocenters. The predicted molar refractivity (Wildman–Crippen MR) is 49.1 cm³/mol. The fourth-order valence-electron chi connectivity index (χ4n) is 0.766. The van der Waals surface area contributed by atoms with Crippen LogP contribution in [0.15, 0.2) is 0 Å². The normalized spacial score (nSPS) is 16.0. The summed E-state index contributed by atoms with van der Waals surface area (Å²) in [4.78, 5) is 0. The average Bonchev–Trinajstić information content (AvgIpc) is 2.11. The Balaban J connectivity index is 3.10. The van der Waals surface area contributed by atoms with Gasteiger partial charge in [0.15, 0.2) is 0 Å². The zero-order valence-electron chi connectivity index (χ0n) is 7.88. The zero-order chi connectivity index (χ0) is 9.40. The van der Waals surface area contributed by atoms with Crippen LogP contribution in [-0.2, 0) is 0 Å². The molecule has 0 aliphatic carbocycles. The summed E-state index contributed by atoms with van der Waals surface area (Å²) in [5.41, 5.74) is 0. The van der Waals surface area contributed by atoms with Crippen LogP contribution in [0.3, 0.4) is 0 Å². The van der Waals surface area contributed by atoms with E-state index < -0.39 is 0 Å². The van der Waals surface area contributed by atoms with E-state index in [9.17, 15) is 0 Å². The molecule has 0 rings (SSSR count). The van der Waals surface area contributed by atoms with Crippen molar-refractivity contribution in [3.8, 4) is 0 Å². The molecule has 0 saturated heterocycles. The highest BCUT2D eigenvalue weighted by atomic mass is 16.3. The van der Waals surface area contributed by atoms with Gasteiger partial charge in [-0.2, -0.15) is 0 Å². The van der Waals surface area contributed by atoms with Gasteiger partial charge in [0.05, 0.1) is 13.2 Å². The van der Waals surface area contributed by atoms with Crippen molar-refractivity contribution >= 4 is 0 Å². The van der Waals surface area contributed by atoms with Gasteiger partial charge < -0.3 is 20.8 Å². The molecule has 0 aromatic rings. The minimum Gasteiger partial charge on any atom is -0.395 e. The lowest BCUT2D eigenvalue weighted by molar-refractivity contribution is 0.242. The Morgan fingerprint density at radius 3 is 1.50 bits per heavy atom. The molecule has 0 fully saturated rings. The highest BCUT2D eigenvalue weighted by Gasteiger charge is 1.99. The first-order valence-electron chi connectivity index (χ1n) is 4.39. The Bertz CT molecular complexity index is 89.1. The molecular weight excluding hydrogens is 156 g/mol. The fourth-order valence-corrected chi connectivity index (χ4v) is 0.766. The van der Waals surface area contributed by atoms with Crippen LogP contribution in [-0.4, -0.2) is 48.6 Å². The second kappa shape index (κ2) is 7.49. The summed E-state index contributed by atoms with van der Waals surface area (Å²) in [6, 6.07) is 0.299. The molecule has 0 aliphatic rings. The van der Waals surface area contributed by atoms with Gasteiger partial charge in [0.25, 0.3) is 0 Å². The van der Waals surface area contributed by atoms with Crippen LogP contribution in [0.25, 0.3) is 0 Å². The maximum absolute atomic E-state index is 8.67. The smallest absolute Gasteiger partial charge is 0.0581 e. The number of aliphatic hydroxyl groups is 2. The molecule has 4 nitrogen and oxygen atoms in total. The summed E-state index contributed by atoms with van der Waals surface area (Å²) >= 11 is 0. The molecule has 4 heteroatoms. The molecule has 4 N–H and O–H groups in total. The van der Waals surface area contributed by atoms with Gasteiger partial charge in [-0.1, -0.05) is 0 Å². The lowest BCUT2D eigenvalue weighted by Gasteiger charge is -2.13. The molecule has 0 amide bonds. The first-order chi connectivity index (χ1) is 5.70. The van der Waals surface area contributed by atoms with Crippen molar-refractivity contribution in [3.63, 3.8) is 0 Å². The summed E-state index contributed by atoms with van der Waals surface area (Å²) in [5.74, 6) is 0. The average molecular weight is 176 g/mol. The van der Waals surface area contributed by atoms with Gasteiger partial charge in [-0.3, -0.25) is 0 Å². The van der Waals surface area contributed by atoms with E-state index in [1.165, 1.54) is 0 Å². The quantitative estimate of drug-likeness (QED) is 0.373. The highest BCUT2D eigenvalue weighted by molar-refractivity contribution is 4.62. The number of aliphatic hydroxyl groups excluding tert-OH is 2. The molecule has 0 bridgehead atoms. The first-order valence-corrected chi connectivity index (χ1v) is 4.39. The Hall–Kier alpha value is -0.160. The van der Waals surface area contributed by atoms with Crippen LogP contribution in [0.1, 0.15) is 13.8 Å². The van der Waals surface area contributed by atoms with Crippen LogP contribution >= 0.6 is 0 Å². The summed E-state index contributed by atoms with van der Waals surface area (Å²) in [5, 5.41) is 23.6. The van der Waals surface area contributed by atoms with E-state index >= 15 is 0 Å². The largest absolute Gasteiger partial charge is 0.395 e. The molecule has 0 radical (unpaired) electrons. The molecule has 0 aromatic carbocycles. The molecule has 2 atom stereocenters. The lowest BCUT2D eigenvalue weighted by atomic mass is 10.3. The van der Waals surface area contributed by atoms with Crippen molar-refractivity contribution in [1.29, 1.82) is 0 Å². The summed E-state index contributed by atoms with van der Waals surface area (Å²) < 4.78 is 0. The predicted octanol–water partition coefficient (Wildman–Crippen LogP) is -1.07. The maximum Gasteiger partial charge on any atom is 0.0581 e. The van der Waals surface area contributed by atoms with E-state index in [-0.39, 0.29) is 25.3 Å². The second-order valence-electron chi connectivity index (χ2n) is 3.08. The Morgan fingerprint density at radius 2 is 1.25 bits per heavy atom. The Labute approximate surface area is 74.0 Å². The maximum atomic E-state index is 8.67. The molecule has 0 saturated carbocycles. The van der Waals surface area contributed by atoms with Crippen molar-refractivity contribution in [2.45, 2.75) is 25.9 Å². The third-order valence-corrected chi connectivity index (χ3v) is 1.66. The van der Waals surface area contributed by atoms with Crippen LogP contribution in [0.2, 0.25) is 0 Å². The van der Waals surface area contributed by atoms with Crippen LogP contribution in [0, 0.1) is 0 Å². The van der Waals surface area contributed by atoms with Crippen LogP contribution in [0.5, 0.6) is 0 Å². The van der Waals surface area contributed by atoms with E-state index in [2.05, 4.69) is 10.6 Å². The SMILES string of the molecule is C[C@@H](CO)NCCN[C@@H](C)CO. The van der Waals surface area contributed by atoms with Crippen LogP contribution < -0.4 is 10.6 Å². The van der Waals surface area contributed by atoms with E-state index in [0.717, 1.165) is 13.1 Å². The molecule has 12 heavy (non-hydrogen) atoms. The van der Waals surface area contributed by atoms with Crippen molar-refractivity contribution in [2.24, 2.45) is 0 Å². The minimum absolute atomic E-state index is 0.149. The molecule has 0 aromatic heterocycles. The third-order valence-electron chi connectivity index (χ3n) is 1.66. The van der Waals surface area contributed by atoms with Gasteiger partial charge in [0, 0.05) is 25.2 Å². The molecular formula is C8H20N2O2. The Morgan fingerprint density at radius 1 is 0.917 bits per heavy atom. The van der Waals surface area contributed by atoms with Gasteiger partial charge in [-0.15, -0.1) is 0 Å². The van der Waals surface area contributed by atoms with Crippen LogP contribution in [0.4, 0.5) is 0 Å². The number of hydrogen-bond donors (Lipinski definition) is 4. The molecule has 0 heterocycles. The first kappa shape index (κ1) is 11.8. The number of rotatable bonds is 7. The van der Waals surface area contributed by atoms with Gasteiger partial charge in [-0.25, -0.2) is 0 Å². The Kier molecular flexibility index (Phi) is 7.39. The minimum atomic E-state index is 0.149. The third kappa shape index (κ3) is 6.54. The number of hydrogen-bond acceptors (Lipinski definition) is 4. The number of nitrogens with one attached hydrogen (secondary N) is 2. The standard InChI is InChI=1S/C8H20N2O2/c1-7(5-11)9-3-4-10-8(2)6-12/h7-12H,3-6H2,1-2H3/t7-,8-/m0/s1.